The maximum atomic E-state index is 12.6. The Kier molecular flexibility index (Phi) is 11.0. The molecule has 0 saturated heterocycles. The molecule has 0 aliphatic carbocycles. The van der Waals surface area contributed by atoms with Crippen LogP contribution in [-0.4, -0.2) is 41.3 Å². The molecule has 0 aliphatic heterocycles. The average Bonchev–Trinajstić information content (AvgIpc) is 2.62. The first-order chi connectivity index (χ1) is 12.0. The lowest BCUT2D eigenvalue weighted by molar-refractivity contribution is -0.149. The van der Waals surface area contributed by atoms with E-state index >= 15 is 0 Å². The van der Waals surface area contributed by atoms with Gasteiger partial charge < -0.3 is 14.9 Å². The molecular weight excluding hydrogens is 332 g/mol. The molecule has 5 nitrogen and oxygen atoms in total. The fourth-order valence-electron chi connectivity index (χ4n) is 3.34. The molecule has 0 bridgehead atoms. The van der Waals surface area contributed by atoms with Crippen LogP contribution in [0, 0.1) is 29.6 Å². The van der Waals surface area contributed by atoms with Crippen molar-refractivity contribution in [3.63, 3.8) is 0 Å². The fraction of sp³-hybridized carbons (Fsp3) is 0.810. The van der Waals surface area contributed by atoms with E-state index in [0.717, 1.165) is 12.0 Å². The molecule has 0 aromatic rings. The van der Waals surface area contributed by atoms with Gasteiger partial charge in [0.05, 0.1) is 25.2 Å². The molecule has 7 atom stereocenters. The Morgan fingerprint density at radius 3 is 1.92 bits per heavy atom. The lowest BCUT2D eigenvalue weighted by atomic mass is 9.83. The quantitative estimate of drug-likeness (QED) is 0.430. The standard InChI is InChI=1S/C21H38O5/c1-9-13(3)18(22)16(6)19(23)14(4)10-12(2)11-15(5)20(24)17(7)21(25)26-8/h10,13-18,20,22,24H,9,11H2,1-8H3/b12-10+/t13-,14-,15+,16+,17+,18-,20-/m0/s1. The number of carbonyl (C=O) groups is 2. The van der Waals surface area contributed by atoms with E-state index in [9.17, 15) is 19.8 Å². The summed E-state index contributed by atoms with van der Waals surface area (Å²) in [4.78, 5) is 24.1. The lowest BCUT2D eigenvalue weighted by Crippen LogP contribution is -2.34. The van der Waals surface area contributed by atoms with Crippen LogP contribution in [0.2, 0.25) is 0 Å². The van der Waals surface area contributed by atoms with Crippen LogP contribution in [0.5, 0.6) is 0 Å². The summed E-state index contributed by atoms with van der Waals surface area (Å²) in [6.45, 7) is 13.0. The van der Waals surface area contributed by atoms with Gasteiger partial charge in [-0.05, 0) is 32.1 Å². The number of aliphatic hydroxyl groups is 2. The van der Waals surface area contributed by atoms with Crippen molar-refractivity contribution in [3.05, 3.63) is 11.6 Å². The summed E-state index contributed by atoms with van der Waals surface area (Å²) in [5, 5.41) is 20.6. The van der Waals surface area contributed by atoms with Gasteiger partial charge in [0.25, 0.3) is 0 Å². The number of aliphatic hydroxyl groups excluding tert-OH is 2. The zero-order valence-electron chi connectivity index (χ0n) is 17.7. The van der Waals surface area contributed by atoms with E-state index in [1.54, 1.807) is 13.8 Å². The van der Waals surface area contributed by atoms with Gasteiger partial charge in [-0.25, -0.2) is 0 Å². The Bertz CT molecular complexity index is 485. The number of allylic oxidation sites excluding steroid dienone is 2. The van der Waals surface area contributed by atoms with Crippen molar-refractivity contribution in [2.75, 3.05) is 7.11 Å². The van der Waals surface area contributed by atoms with Crippen LogP contribution >= 0.6 is 0 Å². The first-order valence-electron chi connectivity index (χ1n) is 9.62. The Balaban J connectivity index is 4.88. The Hall–Kier alpha value is -1.20. The van der Waals surface area contributed by atoms with Gasteiger partial charge in [-0.1, -0.05) is 52.7 Å². The highest BCUT2D eigenvalue weighted by molar-refractivity contribution is 5.85. The maximum absolute atomic E-state index is 12.6. The van der Waals surface area contributed by atoms with E-state index < -0.39 is 30.0 Å². The van der Waals surface area contributed by atoms with Gasteiger partial charge >= 0.3 is 5.97 Å². The van der Waals surface area contributed by atoms with Gasteiger partial charge in [-0.3, -0.25) is 9.59 Å². The number of carbonyl (C=O) groups excluding carboxylic acids is 2. The molecule has 0 aromatic carbocycles. The maximum Gasteiger partial charge on any atom is 0.311 e. The molecule has 0 aliphatic rings. The van der Waals surface area contributed by atoms with Crippen molar-refractivity contribution in [1.29, 1.82) is 0 Å². The number of Topliss-reactive ketones (excluding diaryl/α,β-unsaturated/α-hetero) is 1. The Morgan fingerprint density at radius 2 is 1.46 bits per heavy atom. The van der Waals surface area contributed by atoms with Gasteiger partial charge in [0.2, 0.25) is 0 Å². The molecule has 0 aromatic heterocycles. The molecule has 2 N–H and O–H groups in total. The van der Waals surface area contributed by atoms with Crippen LogP contribution in [0.4, 0.5) is 0 Å². The highest BCUT2D eigenvalue weighted by Gasteiger charge is 2.29. The van der Waals surface area contributed by atoms with Gasteiger partial charge in [-0.15, -0.1) is 0 Å². The first kappa shape index (κ1) is 24.8. The van der Waals surface area contributed by atoms with Crippen molar-refractivity contribution in [1.82, 2.24) is 0 Å². The number of ketones is 1. The third-order valence-corrected chi connectivity index (χ3v) is 5.48. The largest absolute Gasteiger partial charge is 0.469 e. The Labute approximate surface area is 158 Å². The van der Waals surface area contributed by atoms with Crippen LogP contribution in [0.15, 0.2) is 11.6 Å². The summed E-state index contributed by atoms with van der Waals surface area (Å²) in [7, 11) is 1.31. The van der Waals surface area contributed by atoms with Gasteiger partial charge in [-0.2, -0.15) is 0 Å². The van der Waals surface area contributed by atoms with Crippen LogP contribution in [-0.2, 0) is 14.3 Å². The zero-order chi connectivity index (χ0) is 20.6. The second kappa shape index (κ2) is 11.5. The second-order valence-corrected chi connectivity index (χ2v) is 7.85. The molecule has 0 unspecified atom stereocenters. The van der Waals surface area contributed by atoms with Crippen molar-refractivity contribution in [3.8, 4) is 0 Å². The predicted octanol–water partition coefficient (Wildman–Crippen LogP) is 3.38. The summed E-state index contributed by atoms with van der Waals surface area (Å²) in [5.41, 5.74) is 0.986. The minimum atomic E-state index is -0.803. The number of hydrogen-bond acceptors (Lipinski definition) is 5. The van der Waals surface area contributed by atoms with Gasteiger partial charge in [0.15, 0.2) is 0 Å². The third kappa shape index (κ3) is 7.20. The second-order valence-electron chi connectivity index (χ2n) is 7.85. The van der Waals surface area contributed by atoms with E-state index in [1.807, 2.05) is 40.7 Å². The first-order valence-corrected chi connectivity index (χ1v) is 9.62. The number of rotatable bonds is 11. The van der Waals surface area contributed by atoms with E-state index in [1.165, 1.54) is 7.11 Å². The molecular formula is C21H38O5. The van der Waals surface area contributed by atoms with E-state index in [0.29, 0.717) is 6.42 Å². The smallest absolute Gasteiger partial charge is 0.311 e. The topological polar surface area (TPSA) is 83.8 Å². The summed E-state index contributed by atoms with van der Waals surface area (Å²) in [6.07, 6.45) is 1.88. The summed E-state index contributed by atoms with van der Waals surface area (Å²) < 4.78 is 4.68. The molecule has 152 valence electrons. The minimum absolute atomic E-state index is 0.0216. The molecule has 26 heavy (non-hydrogen) atoms. The summed E-state index contributed by atoms with van der Waals surface area (Å²) in [5.74, 6) is -1.76. The van der Waals surface area contributed by atoms with Crippen LogP contribution in [0.25, 0.3) is 0 Å². The average molecular weight is 371 g/mol. The Morgan fingerprint density at radius 1 is 0.962 bits per heavy atom. The summed E-state index contributed by atoms with van der Waals surface area (Å²) >= 11 is 0. The number of methoxy groups -OCH3 is 1. The van der Waals surface area contributed by atoms with Gasteiger partial charge in [0.1, 0.15) is 5.78 Å². The van der Waals surface area contributed by atoms with Crippen LogP contribution < -0.4 is 0 Å². The van der Waals surface area contributed by atoms with Crippen molar-refractivity contribution in [2.24, 2.45) is 29.6 Å². The molecule has 0 radical (unpaired) electrons. The van der Waals surface area contributed by atoms with Crippen LogP contribution in [0.1, 0.15) is 61.3 Å². The van der Waals surface area contributed by atoms with Crippen molar-refractivity contribution >= 4 is 11.8 Å². The molecule has 0 amide bonds. The molecule has 0 rings (SSSR count). The number of ether oxygens (including phenoxy) is 1. The molecule has 0 heterocycles. The van der Waals surface area contributed by atoms with Gasteiger partial charge in [0, 0.05) is 11.8 Å². The van der Waals surface area contributed by atoms with Crippen molar-refractivity contribution < 1.29 is 24.5 Å². The molecule has 5 heteroatoms. The summed E-state index contributed by atoms with van der Waals surface area (Å²) in [6, 6.07) is 0. The van der Waals surface area contributed by atoms with Crippen molar-refractivity contribution in [2.45, 2.75) is 73.5 Å². The highest BCUT2D eigenvalue weighted by Crippen LogP contribution is 2.24. The van der Waals surface area contributed by atoms with E-state index in [2.05, 4.69) is 4.74 Å². The molecule has 0 saturated carbocycles. The monoisotopic (exact) mass is 370 g/mol. The predicted molar refractivity (Wildman–Crippen MR) is 104 cm³/mol. The number of hydrogen-bond donors (Lipinski definition) is 2. The van der Waals surface area contributed by atoms with E-state index in [-0.39, 0.29) is 23.5 Å². The van der Waals surface area contributed by atoms with E-state index in [4.69, 9.17) is 0 Å². The molecule has 0 fully saturated rings. The zero-order valence-corrected chi connectivity index (χ0v) is 17.7. The fourth-order valence-corrected chi connectivity index (χ4v) is 3.34. The SMILES string of the molecule is CC[C@H](C)[C@H](O)[C@@H](C)C(=O)[C@@H](C)/C=C(\C)C[C@@H](C)[C@H](O)[C@@H](C)C(=O)OC. The minimum Gasteiger partial charge on any atom is -0.469 e. The third-order valence-electron chi connectivity index (χ3n) is 5.48. The van der Waals surface area contributed by atoms with Crippen LogP contribution in [0.3, 0.4) is 0 Å². The number of esters is 1. The lowest BCUT2D eigenvalue weighted by Gasteiger charge is -2.25. The highest BCUT2D eigenvalue weighted by atomic mass is 16.5. The molecule has 0 spiro atoms. The normalized spacial score (nSPS) is 20.5.